The Hall–Kier alpha value is -0.563. The maximum atomic E-state index is 10.1. The number of aliphatic hydroxyl groups is 1. The van der Waals surface area contributed by atoms with Crippen molar-refractivity contribution in [2.24, 2.45) is 5.41 Å². The smallest absolute Gasteiger partial charge is 0.192 e. The maximum absolute atomic E-state index is 10.1. The zero-order valence-electron chi connectivity index (χ0n) is 13.6. The third-order valence-corrected chi connectivity index (χ3v) is 8.52. The fraction of sp³-hybridized carbons (Fsp3) is 0.750. The Morgan fingerprint density at radius 1 is 1.26 bits per heavy atom. The van der Waals surface area contributed by atoms with Crippen molar-refractivity contribution in [1.82, 2.24) is 0 Å². The lowest BCUT2D eigenvalue weighted by Gasteiger charge is -2.35. The zero-order valence-corrected chi connectivity index (χ0v) is 14.6. The Labute approximate surface area is 120 Å². The second-order valence-electron chi connectivity index (χ2n) is 7.31. The predicted molar refractivity (Wildman–Crippen MR) is 85.5 cm³/mol. The Morgan fingerprint density at radius 2 is 1.79 bits per heavy atom. The molecule has 0 fully saturated rings. The normalized spacial score (nSPS) is 15.5. The summed E-state index contributed by atoms with van der Waals surface area (Å²) in [6.07, 6.45) is 9.03. The first-order valence-electron chi connectivity index (χ1n) is 6.86. The molecule has 19 heavy (non-hydrogen) atoms. The molecule has 0 aliphatic heterocycles. The second-order valence-corrected chi connectivity index (χ2v) is 12.1. The summed E-state index contributed by atoms with van der Waals surface area (Å²) in [7, 11) is -1.70. The van der Waals surface area contributed by atoms with E-state index in [1.165, 1.54) is 0 Å². The van der Waals surface area contributed by atoms with Gasteiger partial charge in [-0.3, -0.25) is 0 Å². The first kappa shape index (κ1) is 18.4. The van der Waals surface area contributed by atoms with Crippen LogP contribution in [0.15, 0.2) is 12.2 Å². The summed E-state index contributed by atoms with van der Waals surface area (Å²) in [6, 6.07) is 0. The molecule has 0 aromatic rings. The lowest BCUT2D eigenvalue weighted by molar-refractivity contribution is 0.0941. The molecular weight excluding hydrogens is 252 g/mol. The Bertz CT molecular complexity index is 343. The minimum Gasteiger partial charge on any atom is -0.413 e. The van der Waals surface area contributed by atoms with Gasteiger partial charge in [-0.15, -0.1) is 12.3 Å². The van der Waals surface area contributed by atoms with Crippen LogP contribution in [0.25, 0.3) is 0 Å². The molecule has 1 N–H and O–H groups in total. The summed E-state index contributed by atoms with van der Waals surface area (Å²) < 4.78 is 6.02. The lowest BCUT2D eigenvalue weighted by Crippen LogP contribution is -2.40. The van der Waals surface area contributed by atoms with Gasteiger partial charge in [0.05, 0.1) is 12.7 Å². The fourth-order valence-electron chi connectivity index (χ4n) is 1.29. The first-order chi connectivity index (χ1) is 8.44. The Balaban J connectivity index is 4.37. The molecule has 1 atom stereocenters. The van der Waals surface area contributed by atoms with Crippen LogP contribution in [0.4, 0.5) is 0 Å². The van der Waals surface area contributed by atoms with E-state index in [-0.39, 0.29) is 10.5 Å². The summed E-state index contributed by atoms with van der Waals surface area (Å²) >= 11 is 0. The van der Waals surface area contributed by atoms with E-state index in [1.807, 2.05) is 19.9 Å². The molecule has 110 valence electrons. The Kier molecular flexibility index (Phi) is 6.54. The van der Waals surface area contributed by atoms with Crippen molar-refractivity contribution in [2.45, 2.75) is 65.3 Å². The summed E-state index contributed by atoms with van der Waals surface area (Å²) in [6.45, 7) is 15.6. The Morgan fingerprint density at radius 3 is 2.21 bits per heavy atom. The lowest BCUT2D eigenvalue weighted by atomic mass is 9.83. The van der Waals surface area contributed by atoms with Gasteiger partial charge in [0, 0.05) is 11.8 Å². The SMILES string of the molecule is C#CCC(C)(C)C(O)/C=C/CO[Si](C)(C)C(C)(C)C. The van der Waals surface area contributed by atoms with Gasteiger partial charge in [0.15, 0.2) is 8.32 Å². The van der Waals surface area contributed by atoms with E-state index in [4.69, 9.17) is 10.8 Å². The van der Waals surface area contributed by atoms with Crippen LogP contribution in [0.1, 0.15) is 41.0 Å². The average molecular weight is 282 g/mol. The molecule has 0 amide bonds. The van der Waals surface area contributed by atoms with Gasteiger partial charge in [0.1, 0.15) is 0 Å². The van der Waals surface area contributed by atoms with Gasteiger partial charge in [-0.25, -0.2) is 0 Å². The van der Waals surface area contributed by atoms with E-state index in [0.29, 0.717) is 13.0 Å². The second kappa shape index (κ2) is 6.74. The molecule has 0 radical (unpaired) electrons. The number of hydrogen-bond donors (Lipinski definition) is 1. The summed E-state index contributed by atoms with van der Waals surface area (Å²) in [5, 5.41) is 10.3. The van der Waals surface area contributed by atoms with Crippen LogP contribution in [0.5, 0.6) is 0 Å². The van der Waals surface area contributed by atoms with Crippen molar-refractivity contribution in [3.05, 3.63) is 12.2 Å². The van der Waals surface area contributed by atoms with Crippen molar-refractivity contribution >= 4 is 8.32 Å². The van der Waals surface area contributed by atoms with Crippen molar-refractivity contribution in [3.8, 4) is 12.3 Å². The standard InChI is InChI=1S/C16H30O2Si/c1-9-12-16(5,6)14(17)11-10-13-18-19(7,8)15(2,3)4/h1,10-11,14,17H,12-13H2,2-8H3/b11-10+. The van der Waals surface area contributed by atoms with Crippen molar-refractivity contribution < 1.29 is 9.53 Å². The van der Waals surface area contributed by atoms with Crippen LogP contribution < -0.4 is 0 Å². The fourth-order valence-corrected chi connectivity index (χ4v) is 2.23. The number of hydrogen-bond acceptors (Lipinski definition) is 2. The van der Waals surface area contributed by atoms with E-state index in [0.717, 1.165) is 0 Å². The molecule has 0 bridgehead atoms. The van der Waals surface area contributed by atoms with Crippen LogP contribution in [0.3, 0.4) is 0 Å². The maximum Gasteiger partial charge on any atom is 0.192 e. The van der Waals surface area contributed by atoms with Gasteiger partial charge in [-0.1, -0.05) is 46.8 Å². The van der Waals surface area contributed by atoms with E-state index in [1.54, 1.807) is 6.08 Å². The quantitative estimate of drug-likeness (QED) is 0.454. The highest BCUT2D eigenvalue weighted by molar-refractivity contribution is 6.74. The first-order valence-corrected chi connectivity index (χ1v) is 9.77. The number of aliphatic hydroxyl groups excluding tert-OH is 1. The molecule has 2 nitrogen and oxygen atoms in total. The zero-order chi connectivity index (χ0) is 15.3. The molecule has 0 rings (SSSR count). The molecule has 0 aromatic carbocycles. The van der Waals surface area contributed by atoms with E-state index >= 15 is 0 Å². The molecule has 0 spiro atoms. The molecule has 0 aromatic heterocycles. The van der Waals surface area contributed by atoms with E-state index < -0.39 is 14.4 Å². The monoisotopic (exact) mass is 282 g/mol. The molecule has 0 aliphatic rings. The molecule has 0 heterocycles. The molecule has 1 unspecified atom stereocenters. The highest BCUT2D eigenvalue weighted by Crippen LogP contribution is 2.36. The third-order valence-electron chi connectivity index (χ3n) is 4.02. The van der Waals surface area contributed by atoms with Gasteiger partial charge in [-0.2, -0.15) is 0 Å². The van der Waals surface area contributed by atoms with Crippen LogP contribution in [0.2, 0.25) is 18.1 Å². The van der Waals surface area contributed by atoms with Crippen LogP contribution in [-0.2, 0) is 4.43 Å². The van der Waals surface area contributed by atoms with E-state index in [9.17, 15) is 5.11 Å². The molecule has 0 saturated carbocycles. The van der Waals surface area contributed by atoms with Crippen molar-refractivity contribution in [1.29, 1.82) is 0 Å². The molecule has 0 saturated heterocycles. The van der Waals surface area contributed by atoms with Gasteiger partial charge in [0.25, 0.3) is 0 Å². The van der Waals surface area contributed by atoms with Crippen LogP contribution >= 0.6 is 0 Å². The number of terminal acetylenes is 1. The van der Waals surface area contributed by atoms with Gasteiger partial charge < -0.3 is 9.53 Å². The predicted octanol–water partition coefficient (Wildman–Crippen LogP) is 3.97. The highest BCUT2D eigenvalue weighted by Gasteiger charge is 2.36. The largest absolute Gasteiger partial charge is 0.413 e. The van der Waals surface area contributed by atoms with Crippen molar-refractivity contribution in [2.75, 3.05) is 6.61 Å². The molecule has 3 heteroatoms. The minimum absolute atomic E-state index is 0.211. The molecule has 0 aliphatic carbocycles. The topological polar surface area (TPSA) is 29.5 Å². The third kappa shape index (κ3) is 5.95. The van der Waals surface area contributed by atoms with Crippen LogP contribution in [-0.4, -0.2) is 26.1 Å². The molecular formula is C16H30O2Si. The minimum atomic E-state index is -1.70. The summed E-state index contributed by atoms with van der Waals surface area (Å²) in [5.74, 6) is 2.61. The van der Waals surface area contributed by atoms with Crippen molar-refractivity contribution in [3.63, 3.8) is 0 Å². The number of rotatable bonds is 6. The van der Waals surface area contributed by atoms with E-state index in [2.05, 4.69) is 39.8 Å². The van der Waals surface area contributed by atoms with Gasteiger partial charge in [-0.05, 0) is 18.1 Å². The highest BCUT2D eigenvalue weighted by atomic mass is 28.4. The average Bonchev–Trinajstić information content (AvgIpc) is 2.22. The summed E-state index contributed by atoms with van der Waals surface area (Å²) in [4.78, 5) is 0. The van der Waals surface area contributed by atoms with Crippen LogP contribution in [0, 0.1) is 17.8 Å². The van der Waals surface area contributed by atoms with Gasteiger partial charge in [0.2, 0.25) is 0 Å². The summed E-state index contributed by atoms with van der Waals surface area (Å²) in [5.41, 5.74) is -0.289. The van der Waals surface area contributed by atoms with Gasteiger partial charge >= 0.3 is 0 Å².